The number of alkyl halides is 5. The standard InChI is InChI=1S/C19H14F5N3O3/c20-18(21)30-16-7-2-1-6-14(16)25-17(28)15-8-9-27(26-15)11-29-13-5-3-4-12(10-13)19(22,23)24/h1-10,18H,11H2,(H,25,28). The van der Waals surface area contributed by atoms with E-state index < -0.39 is 24.3 Å². The fourth-order valence-electron chi connectivity index (χ4n) is 2.41. The Hall–Kier alpha value is -3.63. The van der Waals surface area contributed by atoms with E-state index in [0.29, 0.717) is 0 Å². The molecule has 0 spiro atoms. The van der Waals surface area contributed by atoms with E-state index in [-0.39, 0.29) is 29.6 Å². The lowest BCUT2D eigenvalue weighted by atomic mass is 10.2. The molecule has 0 aliphatic carbocycles. The lowest BCUT2D eigenvalue weighted by molar-refractivity contribution is -0.137. The van der Waals surface area contributed by atoms with E-state index in [4.69, 9.17) is 4.74 Å². The molecular weight excluding hydrogens is 413 g/mol. The highest BCUT2D eigenvalue weighted by molar-refractivity contribution is 6.03. The van der Waals surface area contributed by atoms with Crippen LogP contribution in [0.3, 0.4) is 0 Å². The Morgan fingerprint density at radius 3 is 2.60 bits per heavy atom. The number of ether oxygens (including phenoxy) is 2. The van der Waals surface area contributed by atoms with Gasteiger partial charge in [-0.1, -0.05) is 18.2 Å². The zero-order valence-corrected chi connectivity index (χ0v) is 15.1. The second kappa shape index (κ2) is 8.80. The first-order chi connectivity index (χ1) is 14.2. The van der Waals surface area contributed by atoms with Crippen LogP contribution in [0.1, 0.15) is 16.1 Å². The zero-order chi connectivity index (χ0) is 21.7. The third kappa shape index (κ3) is 5.46. The normalized spacial score (nSPS) is 11.4. The molecule has 0 fully saturated rings. The maximum absolute atomic E-state index is 12.7. The zero-order valence-electron chi connectivity index (χ0n) is 15.1. The van der Waals surface area contributed by atoms with Crippen LogP contribution in [0.4, 0.5) is 27.6 Å². The highest BCUT2D eigenvalue weighted by atomic mass is 19.4. The van der Waals surface area contributed by atoms with Gasteiger partial charge in [0, 0.05) is 6.20 Å². The van der Waals surface area contributed by atoms with Gasteiger partial charge < -0.3 is 14.8 Å². The number of carbonyl (C=O) groups excluding carboxylic acids is 1. The number of rotatable bonds is 7. The lowest BCUT2D eigenvalue weighted by Crippen LogP contribution is -2.15. The Morgan fingerprint density at radius 2 is 1.87 bits per heavy atom. The third-order valence-electron chi connectivity index (χ3n) is 3.75. The Morgan fingerprint density at radius 1 is 1.10 bits per heavy atom. The summed E-state index contributed by atoms with van der Waals surface area (Å²) in [6, 6.07) is 11.3. The van der Waals surface area contributed by atoms with Gasteiger partial charge in [0.15, 0.2) is 12.4 Å². The molecule has 158 valence electrons. The summed E-state index contributed by atoms with van der Waals surface area (Å²) in [4.78, 5) is 12.3. The first-order valence-corrected chi connectivity index (χ1v) is 8.41. The van der Waals surface area contributed by atoms with E-state index in [1.54, 1.807) is 0 Å². The van der Waals surface area contributed by atoms with E-state index in [0.717, 1.165) is 12.1 Å². The molecule has 3 aromatic rings. The van der Waals surface area contributed by atoms with Crippen LogP contribution in [0.2, 0.25) is 0 Å². The number of carbonyl (C=O) groups is 1. The molecule has 11 heteroatoms. The number of benzene rings is 2. The van der Waals surface area contributed by atoms with Crippen molar-refractivity contribution in [3.8, 4) is 11.5 Å². The van der Waals surface area contributed by atoms with E-state index in [1.165, 1.54) is 53.3 Å². The number of anilines is 1. The van der Waals surface area contributed by atoms with Crippen molar-refractivity contribution in [1.82, 2.24) is 9.78 Å². The monoisotopic (exact) mass is 427 g/mol. The average Bonchev–Trinajstić information content (AvgIpc) is 3.16. The quantitative estimate of drug-likeness (QED) is 0.551. The fraction of sp³-hybridized carbons (Fsp3) is 0.158. The predicted octanol–water partition coefficient (Wildman–Crippen LogP) is 4.79. The first-order valence-electron chi connectivity index (χ1n) is 8.41. The highest BCUT2D eigenvalue weighted by Gasteiger charge is 2.30. The van der Waals surface area contributed by atoms with E-state index in [1.807, 2.05) is 0 Å². The maximum Gasteiger partial charge on any atom is 0.416 e. The van der Waals surface area contributed by atoms with Crippen LogP contribution >= 0.6 is 0 Å². The third-order valence-corrected chi connectivity index (χ3v) is 3.75. The Kier molecular flexibility index (Phi) is 6.19. The summed E-state index contributed by atoms with van der Waals surface area (Å²) in [6.45, 7) is -3.31. The molecular formula is C19H14F5N3O3. The number of hydrogen-bond donors (Lipinski definition) is 1. The summed E-state index contributed by atoms with van der Waals surface area (Å²) in [7, 11) is 0. The van der Waals surface area contributed by atoms with Gasteiger partial charge in [0.1, 0.15) is 11.5 Å². The largest absolute Gasteiger partial charge is 0.471 e. The summed E-state index contributed by atoms with van der Waals surface area (Å²) in [5.41, 5.74) is -0.891. The molecule has 0 radical (unpaired) electrons. The lowest BCUT2D eigenvalue weighted by Gasteiger charge is -2.11. The number of nitrogens with zero attached hydrogens (tertiary/aromatic N) is 2. The number of nitrogens with one attached hydrogen (secondary N) is 1. The molecule has 0 saturated heterocycles. The molecule has 0 saturated carbocycles. The van der Waals surface area contributed by atoms with Crippen LogP contribution in [0.5, 0.6) is 11.5 Å². The fourth-order valence-corrected chi connectivity index (χ4v) is 2.41. The van der Waals surface area contributed by atoms with Crippen LogP contribution < -0.4 is 14.8 Å². The molecule has 2 aromatic carbocycles. The topological polar surface area (TPSA) is 65.4 Å². The minimum atomic E-state index is -4.50. The van der Waals surface area contributed by atoms with Crippen LogP contribution in [-0.2, 0) is 12.9 Å². The van der Waals surface area contributed by atoms with Gasteiger partial charge in [-0.25, -0.2) is 4.68 Å². The van der Waals surface area contributed by atoms with Gasteiger partial charge in [0.05, 0.1) is 11.3 Å². The summed E-state index contributed by atoms with van der Waals surface area (Å²) in [5.74, 6) is -0.935. The molecule has 1 amide bonds. The smallest absolute Gasteiger partial charge is 0.416 e. The molecule has 6 nitrogen and oxygen atoms in total. The number of halogens is 5. The van der Waals surface area contributed by atoms with Gasteiger partial charge in [-0.3, -0.25) is 4.79 Å². The van der Waals surface area contributed by atoms with Gasteiger partial charge in [-0.2, -0.15) is 27.1 Å². The van der Waals surface area contributed by atoms with Crippen molar-refractivity contribution in [2.75, 3.05) is 5.32 Å². The first kappa shape index (κ1) is 21.1. The van der Waals surface area contributed by atoms with Crippen LogP contribution in [0, 0.1) is 0 Å². The number of amides is 1. The van der Waals surface area contributed by atoms with Crippen LogP contribution in [0.25, 0.3) is 0 Å². The van der Waals surface area contributed by atoms with Crippen molar-refractivity contribution in [2.45, 2.75) is 19.5 Å². The molecule has 0 unspecified atom stereocenters. The molecule has 0 aliphatic rings. The Labute approximate surface area is 166 Å². The summed E-state index contributed by atoms with van der Waals surface area (Å²) in [5, 5.41) is 6.36. The molecule has 3 rings (SSSR count). The van der Waals surface area contributed by atoms with Gasteiger partial charge in [0.25, 0.3) is 5.91 Å². The Bertz CT molecular complexity index is 1020. The van der Waals surface area contributed by atoms with Gasteiger partial charge >= 0.3 is 12.8 Å². The second-order valence-corrected chi connectivity index (χ2v) is 5.87. The minimum absolute atomic E-state index is 0.0237. The van der Waals surface area contributed by atoms with Crippen molar-refractivity contribution in [2.24, 2.45) is 0 Å². The molecule has 0 bridgehead atoms. The van der Waals surface area contributed by atoms with E-state index in [9.17, 15) is 26.7 Å². The minimum Gasteiger partial charge on any atom is -0.471 e. The average molecular weight is 427 g/mol. The highest BCUT2D eigenvalue weighted by Crippen LogP contribution is 2.31. The van der Waals surface area contributed by atoms with Gasteiger partial charge in [-0.15, -0.1) is 0 Å². The molecule has 1 N–H and O–H groups in total. The molecule has 1 heterocycles. The van der Waals surface area contributed by atoms with Crippen molar-refractivity contribution >= 4 is 11.6 Å². The SMILES string of the molecule is O=C(Nc1ccccc1OC(F)F)c1ccn(COc2cccc(C(F)(F)F)c2)n1. The Balaban J connectivity index is 1.64. The maximum atomic E-state index is 12.7. The van der Waals surface area contributed by atoms with Crippen molar-refractivity contribution in [3.05, 3.63) is 72.1 Å². The van der Waals surface area contributed by atoms with Crippen molar-refractivity contribution < 1.29 is 36.2 Å². The predicted molar refractivity (Wildman–Crippen MR) is 95.3 cm³/mol. The molecule has 30 heavy (non-hydrogen) atoms. The van der Waals surface area contributed by atoms with E-state index >= 15 is 0 Å². The van der Waals surface area contributed by atoms with Crippen molar-refractivity contribution in [1.29, 1.82) is 0 Å². The second-order valence-electron chi connectivity index (χ2n) is 5.87. The molecule has 0 aliphatic heterocycles. The summed E-state index contributed by atoms with van der Waals surface area (Å²) >= 11 is 0. The molecule has 1 aromatic heterocycles. The van der Waals surface area contributed by atoms with Gasteiger partial charge in [0.2, 0.25) is 0 Å². The van der Waals surface area contributed by atoms with Crippen LogP contribution in [-0.4, -0.2) is 22.3 Å². The molecule has 0 atom stereocenters. The van der Waals surface area contributed by atoms with Crippen molar-refractivity contribution in [3.63, 3.8) is 0 Å². The summed E-state index contributed by atoms with van der Waals surface area (Å²) < 4.78 is 73.9. The van der Waals surface area contributed by atoms with Crippen LogP contribution in [0.15, 0.2) is 60.8 Å². The summed E-state index contributed by atoms with van der Waals surface area (Å²) in [6.07, 6.45) is -3.12. The van der Waals surface area contributed by atoms with Gasteiger partial charge in [-0.05, 0) is 36.4 Å². The number of hydrogen-bond acceptors (Lipinski definition) is 4. The number of para-hydroxylation sites is 2. The number of aromatic nitrogens is 2. The van der Waals surface area contributed by atoms with E-state index in [2.05, 4.69) is 15.2 Å².